The number of β-amino-alcohol motifs (C(OH)–C–C–N with tert-alkyl or cyclic N) is 1. The summed E-state index contributed by atoms with van der Waals surface area (Å²) >= 11 is 0. The van der Waals surface area contributed by atoms with Crippen molar-refractivity contribution >= 4 is 16.7 Å². The van der Waals surface area contributed by atoms with Crippen LogP contribution in [0.15, 0.2) is 4.99 Å². The van der Waals surface area contributed by atoms with Gasteiger partial charge in [-0.05, 0) is 0 Å². The van der Waals surface area contributed by atoms with Gasteiger partial charge in [0.25, 0.3) is 0 Å². The molecule has 1 heterocycles. The molecule has 0 unspecified atom stereocenters. The van der Waals surface area contributed by atoms with Crippen molar-refractivity contribution in [2.24, 2.45) is 4.99 Å². The molecular weight excluding hydrogens is 223 g/mol. The van der Waals surface area contributed by atoms with Gasteiger partial charge in [0, 0.05) is 13.1 Å². The van der Waals surface area contributed by atoms with Gasteiger partial charge in [-0.2, -0.15) is 8.42 Å². The molecule has 1 rings (SSSR count). The number of hydrogen-bond donors (Lipinski definition) is 3. The van der Waals surface area contributed by atoms with Crippen LogP contribution in [0.1, 0.15) is 1.43 Å². The standard InChI is InChI=1S/C5H10N2O.Na.H2O4S.H/c8-4-3-7-2-1-6-5-7;;1-5(2,3)4;/h5,8H,1-4H2;;(H2,1,2,3,4);/q;+1;;-1. The molecule has 1 aliphatic rings. The summed E-state index contributed by atoms with van der Waals surface area (Å²) in [6.45, 7) is 2.82. The van der Waals surface area contributed by atoms with Crippen LogP contribution in [0.4, 0.5) is 0 Å². The fourth-order valence-corrected chi connectivity index (χ4v) is 0.715. The maximum Gasteiger partial charge on any atom is 1.00 e. The molecule has 7 nitrogen and oxygen atoms in total. The van der Waals surface area contributed by atoms with Crippen LogP contribution in [0, 0.1) is 0 Å². The van der Waals surface area contributed by atoms with Crippen molar-refractivity contribution in [2.75, 3.05) is 26.2 Å². The fourth-order valence-electron chi connectivity index (χ4n) is 0.715. The molecule has 0 aromatic rings. The van der Waals surface area contributed by atoms with E-state index < -0.39 is 10.4 Å². The Morgan fingerprint density at radius 3 is 2.29 bits per heavy atom. The van der Waals surface area contributed by atoms with Crippen molar-refractivity contribution in [1.29, 1.82) is 0 Å². The molecule has 0 bridgehead atoms. The first-order chi connectivity index (χ1) is 5.93. The van der Waals surface area contributed by atoms with Crippen molar-refractivity contribution < 1.29 is 53.6 Å². The largest absolute Gasteiger partial charge is 1.00 e. The number of rotatable bonds is 2. The van der Waals surface area contributed by atoms with Gasteiger partial charge in [0.2, 0.25) is 0 Å². The summed E-state index contributed by atoms with van der Waals surface area (Å²) in [5.41, 5.74) is 0. The van der Waals surface area contributed by atoms with Gasteiger partial charge in [0.1, 0.15) is 0 Å². The second-order valence-electron chi connectivity index (χ2n) is 2.23. The molecule has 0 aromatic carbocycles. The van der Waals surface area contributed by atoms with E-state index in [1.165, 1.54) is 0 Å². The van der Waals surface area contributed by atoms with Crippen molar-refractivity contribution in [3.63, 3.8) is 0 Å². The second-order valence-corrected chi connectivity index (χ2v) is 3.12. The molecular formula is C5H13N2NaO5S. The van der Waals surface area contributed by atoms with Gasteiger partial charge in [-0.3, -0.25) is 14.1 Å². The molecule has 0 amide bonds. The van der Waals surface area contributed by atoms with Crippen LogP contribution in [0.5, 0.6) is 0 Å². The van der Waals surface area contributed by atoms with Crippen LogP contribution in [0.2, 0.25) is 0 Å². The number of hydrogen-bond acceptors (Lipinski definition) is 5. The molecule has 9 heteroatoms. The van der Waals surface area contributed by atoms with E-state index >= 15 is 0 Å². The summed E-state index contributed by atoms with van der Waals surface area (Å²) in [5, 5.41) is 8.42. The number of aliphatic imine (C=N–C) groups is 1. The minimum atomic E-state index is -4.67. The first-order valence-corrected chi connectivity index (χ1v) is 4.88. The molecule has 0 saturated heterocycles. The normalized spacial score (nSPS) is 14.4. The van der Waals surface area contributed by atoms with E-state index in [2.05, 4.69) is 4.99 Å². The maximum absolute atomic E-state index is 8.74. The van der Waals surface area contributed by atoms with Crippen LogP contribution in [0.25, 0.3) is 0 Å². The number of nitrogens with zero attached hydrogens (tertiary/aromatic N) is 2. The monoisotopic (exact) mass is 236 g/mol. The maximum atomic E-state index is 8.74. The Labute approximate surface area is 106 Å². The zero-order valence-electron chi connectivity index (χ0n) is 8.87. The van der Waals surface area contributed by atoms with E-state index in [1.807, 2.05) is 4.90 Å². The smallest absolute Gasteiger partial charge is 1.00 e. The van der Waals surface area contributed by atoms with Crippen LogP contribution in [0.3, 0.4) is 0 Å². The Morgan fingerprint density at radius 1 is 1.50 bits per heavy atom. The predicted molar refractivity (Wildman–Crippen MR) is 47.3 cm³/mol. The molecule has 0 fully saturated rings. The average Bonchev–Trinajstić information content (AvgIpc) is 2.36. The zero-order valence-corrected chi connectivity index (χ0v) is 10.7. The quantitative estimate of drug-likeness (QED) is 0.331. The topological polar surface area (TPSA) is 110 Å². The molecule has 0 saturated carbocycles. The van der Waals surface area contributed by atoms with Crippen molar-refractivity contribution in [3.8, 4) is 0 Å². The van der Waals surface area contributed by atoms with Gasteiger partial charge in [0.15, 0.2) is 0 Å². The third-order valence-corrected chi connectivity index (χ3v) is 1.15. The van der Waals surface area contributed by atoms with E-state index in [1.54, 1.807) is 6.34 Å². The number of aliphatic hydroxyl groups excluding tert-OH is 1. The first-order valence-electron chi connectivity index (χ1n) is 3.48. The fraction of sp³-hybridized carbons (Fsp3) is 0.800. The molecule has 0 radical (unpaired) electrons. The Hall–Kier alpha value is 0.300. The minimum Gasteiger partial charge on any atom is -1.00 e. The molecule has 14 heavy (non-hydrogen) atoms. The third kappa shape index (κ3) is 14.8. The van der Waals surface area contributed by atoms with Crippen molar-refractivity contribution in [2.45, 2.75) is 0 Å². The molecule has 3 N–H and O–H groups in total. The van der Waals surface area contributed by atoms with E-state index in [9.17, 15) is 0 Å². The average molecular weight is 236 g/mol. The molecule has 0 aromatic heterocycles. The molecule has 1 aliphatic heterocycles. The summed E-state index contributed by atoms with van der Waals surface area (Å²) in [6, 6.07) is 0. The Kier molecular flexibility index (Phi) is 10.3. The van der Waals surface area contributed by atoms with E-state index in [0.29, 0.717) is 0 Å². The molecule has 0 spiro atoms. The van der Waals surface area contributed by atoms with Crippen LogP contribution < -0.4 is 29.6 Å². The SMILES string of the molecule is O=S(=O)(O)O.OCCN1C=NCC1.[H-].[Na+]. The Bertz CT molecular complexity index is 252. The Balaban J connectivity index is -0.000000185. The molecule has 80 valence electrons. The van der Waals surface area contributed by atoms with Crippen molar-refractivity contribution in [3.05, 3.63) is 0 Å². The minimum absolute atomic E-state index is 0. The van der Waals surface area contributed by atoms with Crippen LogP contribution in [-0.2, 0) is 10.4 Å². The van der Waals surface area contributed by atoms with Crippen LogP contribution >= 0.6 is 0 Å². The van der Waals surface area contributed by atoms with Gasteiger partial charge < -0.3 is 11.4 Å². The van der Waals surface area contributed by atoms with Crippen molar-refractivity contribution in [1.82, 2.24) is 4.90 Å². The summed E-state index contributed by atoms with van der Waals surface area (Å²) in [4.78, 5) is 5.97. The summed E-state index contributed by atoms with van der Waals surface area (Å²) in [6.07, 6.45) is 1.79. The van der Waals surface area contributed by atoms with Gasteiger partial charge in [0.05, 0.1) is 19.5 Å². The zero-order chi connectivity index (χ0) is 10.3. The first kappa shape index (κ1) is 16.7. The molecule has 0 atom stereocenters. The molecule has 0 aliphatic carbocycles. The predicted octanol–water partition coefficient (Wildman–Crippen LogP) is -4.21. The van der Waals surface area contributed by atoms with Gasteiger partial charge in [-0.15, -0.1) is 0 Å². The summed E-state index contributed by atoms with van der Waals surface area (Å²) < 4.78 is 31.6. The third-order valence-electron chi connectivity index (χ3n) is 1.15. The Morgan fingerprint density at radius 2 is 2.00 bits per heavy atom. The van der Waals surface area contributed by atoms with Gasteiger partial charge >= 0.3 is 40.0 Å². The second kappa shape index (κ2) is 8.60. The summed E-state index contributed by atoms with van der Waals surface area (Å²) in [7, 11) is -4.67. The van der Waals surface area contributed by atoms with E-state index in [0.717, 1.165) is 19.6 Å². The van der Waals surface area contributed by atoms with E-state index in [4.69, 9.17) is 22.6 Å². The van der Waals surface area contributed by atoms with Gasteiger partial charge in [-0.1, -0.05) is 0 Å². The van der Waals surface area contributed by atoms with E-state index in [-0.39, 0.29) is 37.6 Å². The van der Waals surface area contributed by atoms with Gasteiger partial charge in [-0.25, -0.2) is 0 Å². The number of aliphatic hydroxyl groups is 1. The van der Waals surface area contributed by atoms with Crippen LogP contribution in [-0.4, -0.2) is 60.1 Å². The summed E-state index contributed by atoms with van der Waals surface area (Å²) in [5.74, 6) is 0.